The fourth-order valence-electron chi connectivity index (χ4n) is 0.980. The molecule has 2 nitrogen and oxygen atoms in total. The quantitative estimate of drug-likeness (QED) is 0.437. The molecule has 0 spiro atoms. The normalized spacial score (nSPS) is 12.5. The summed E-state index contributed by atoms with van der Waals surface area (Å²) in [7, 11) is 0. The highest BCUT2D eigenvalue weighted by Crippen LogP contribution is 2.05. The molecule has 1 atom stereocenters. The number of carbonyl (C=O) groups is 1. The summed E-state index contributed by atoms with van der Waals surface area (Å²) in [4.78, 5) is 11.3. The summed E-state index contributed by atoms with van der Waals surface area (Å²) >= 11 is 2.36. The van der Waals surface area contributed by atoms with Gasteiger partial charge in [-0.3, -0.25) is 4.79 Å². The Bertz CT molecular complexity index is 139. The molecule has 1 N–H and O–H groups in total. The van der Waals surface area contributed by atoms with Gasteiger partial charge in [-0.25, -0.2) is 0 Å². The van der Waals surface area contributed by atoms with Crippen LogP contribution in [0.5, 0.6) is 0 Å². The Balaban J connectivity index is 3.30. The first kappa shape index (κ1) is 13.2. The minimum Gasteiger partial charge on any atom is -0.356 e. The third-order valence-corrected chi connectivity index (χ3v) is 2.88. The molecule has 0 bridgehead atoms. The molecule has 0 fully saturated rings. The van der Waals surface area contributed by atoms with Crippen LogP contribution in [0, 0.1) is 5.92 Å². The Kier molecular flexibility index (Phi) is 8.92. The number of alkyl halides is 1. The topological polar surface area (TPSA) is 29.1 Å². The number of hydrogen-bond acceptors (Lipinski definition) is 1. The summed E-state index contributed by atoms with van der Waals surface area (Å²) in [6, 6.07) is 0. The standard InChI is InChI=1S/C10H20INO/c1-3-9(2)8-10(13)12-7-5-4-6-11/h9H,3-8H2,1-2H3,(H,12,13). The zero-order chi connectivity index (χ0) is 10.1. The van der Waals surface area contributed by atoms with Gasteiger partial charge in [-0.05, 0) is 23.2 Å². The average molecular weight is 297 g/mol. The van der Waals surface area contributed by atoms with Crippen LogP contribution in [0.1, 0.15) is 39.5 Å². The van der Waals surface area contributed by atoms with Crippen LogP contribution in [0.25, 0.3) is 0 Å². The van der Waals surface area contributed by atoms with Crippen LogP contribution < -0.4 is 5.32 Å². The van der Waals surface area contributed by atoms with Crippen molar-refractivity contribution in [1.82, 2.24) is 5.32 Å². The van der Waals surface area contributed by atoms with Gasteiger partial charge in [-0.15, -0.1) is 0 Å². The summed E-state index contributed by atoms with van der Waals surface area (Å²) in [5.74, 6) is 0.729. The number of unbranched alkanes of at least 4 members (excludes halogenated alkanes) is 1. The van der Waals surface area contributed by atoms with Crippen molar-refractivity contribution in [3.8, 4) is 0 Å². The fraction of sp³-hybridized carbons (Fsp3) is 0.900. The molecule has 0 aromatic heterocycles. The molecule has 1 unspecified atom stereocenters. The molecule has 0 saturated carbocycles. The van der Waals surface area contributed by atoms with E-state index in [1.807, 2.05) is 0 Å². The second-order valence-corrected chi connectivity index (χ2v) is 4.54. The molecule has 13 heavy (non-hydrogen) atoms. The first-order valence-electron chi connectivity index (χ1n) is 5.03. The van der Waals surface area contributed by atoms with E-state index in [1.165, 1.54) is 10.8 Å². The van der Waals surface area contributed by atoms with Crippen molar-refractivity contribution in [3.63, 3.8) is 0 Å². The molecule has 0 aromatic carbocycles. The van der Waals surface area contributed by atoms with Gasteiger partial charge >= 0.3 is 0 Å². The number of nitrogens with one attached hydrogen (secondary N) is 1. The molecule has 0 aliphatic rings. The number of amides is 1. The molecule has 0 saturated heterocycles. The van der Waals surface area contributed by atoms with Gasteiger partial charge in [-0.1, -0.05) is 42.9 Å². The predicted molar refractivity (Wildman–Crippen MR) is 65.2 cm³/mol. The molecule has 0 radical (unpaired) electrons. The van der Waals surface area contributed by atoms with Gasteiger partial charge in [0, 0.05) is 13.0 Å². The lowest BCUT2D eigenvalue weighted by atomic mass is 10.1. The third kappa shape index (κ3) is 8.53. The van der Waals surface area contributed by atoms with Crippen LogP contribution in [0.4, 0.5) is 0 Å². The Hall–Kier alpha value is 0.200. The Morgan fingerprint density at radius 1 is 1.46 bits per heavy atom. The lowest BCUT2D eigenvalue weighted by molar-refractivity contribution is -0.121. The van der Waals surface area contributed by atoms with E-state index in [0.29, 0.717) is 12.3 Å². The van der Waals surface area contributed by atoms with Gasteiger partial charge in [0.05, 0.1) is 0 Å². The highest BCUT2D eigenvalue weighted by atomic mass is 127. The molecule has 78 valence electrons. The number of carbonyl (C=O) groups excluding carboxylic acids is 1. The van der Waals surface area contributed by atoms with E-state index in [0.717, 1.165) is 19.4 Å². The maximum Gasteiger partial charge on any atom is 0.220 e. The van der Waals surface area contributed by atoms with E-state index in [2.05, 4.69) is 41.8 Å². The minimum atomic E-state index is 0.211. The Morgan fingerprint density at radius 3 is 2.69 bits per heavy atom. The van der Waals surface area contributed by atoms with E-state index in [-0.39, 0.29) is 5.91 Å². The Labute approximate surface area is 95.0 Å². The van der Waals surface area contributed by atoms with Crippen molar-refractivity contribution < 1.29 is 4.79 Å². The first-order chi connectivity index (χ1) is 6.20. The zero-order valence-electron chi connectivity index (χ0n) is 8.61. The van der Waals surface area contributed by atoms with Gasteiger partial charge in [0.2, 0.25) is 5.91 Å². The molecule has 0 heterocycles. The number of halogens is 1. The van der Waals surface area contributed by atoms with E-state index in [9.17, 15) is 4.79 Å². The largest absolute Gasteiger partial charge is 0.356 e. The first-order valence-corrected chi connectivity index (χ1v) is 6.56. The number of rotatable bonds is 7. The van der Waals surface area contributed by atoms with Crippen LogP contribution in [-0.2, 0) is 4.79 Å². The van der Waals surface area contributed by atoms with Crippen molar-refractivity contribution in [2.75, 3.05) is 11.0 Å². The lowest BCUT2D eigenvalue weighted by Gasteiger charge is -2.08. The summed E-state index contributed by atoms with van der Waals surface area (Å²) in [6.07, 6.45) is 4.07. The molecule has 3 heteroatoms. The summed E-state index contributed by atoms with van der Waals surface area (Å²) in [6.45, 7) is 5.08. The molecule has 0 aromatic rings. The van der Waals surface area contributed by atoms with E-state index in [1.54, 1.807) is 0 Å². The molecule has 0 aliphatic carbocycles. The van der Waals surface area contributed by atoms with Gasteiger partial charge < -0.3 is 5.32 Å². The highest BCUT2D eigenvalue weighted by Gasteiger charge is 2.05. The number of hydrogen-bond donors (Lipinski definition) is 1. The van der Waals surface area contributed by atoms with Crippen LogP contribution in [0.3, 0.4) is 0 Å². The van der Waals surface area contributed by atoms with Crippen molar-refractivity contribution in [2.45, 2.75) is 39.5 Å². The molecular weight excluding hydrogens is 277 g/mol. The van der Waals surface area contributed by atoms with Gasteiger partial charge in [-0.2, -0.15) is 0 Å². The maximum atomic E-state index is 11.3. The SMILES string of the molecule is CCC(C)CC(=O)NCCCCI. The molecule has 0 rings (SSSR count). The van der Waals surface area contributed by atoms with Crippen LogP contribution in [0.15, 0.2) is 0 Å². The van der Waals surface area contributed by atoms with Gasteiger partial charge in [0.25, 0.3) is 0 Å². The summed E-state index contributed by atoms with van der Waals surface area (Å²) in [5.41, 5.74) is 0. The van der Waals surface area contributed by atoms with E-state index in [4.69, 9.17) is 0 Å². The summed E-state index contributed by atoms with van der Waals surface area (Å²) in [5, 5.41) is 2.94. The van der Waals surface area contributed by atoms with Crippen molar-refractivity contribution >= 4 is 28.5 Å². The molecular formula is C10H20INO. The highest BCUT2D eigenvalue weighted by molar-refractivity contribution is 14.1. The minimum absolute atomic E-state index is 0.211. The van der Waals surface area contributed by atoms with E-state index < -0.39 is 0 Å². The van der Waals surface area contributed by atoms with Crippen LogP contribution in [-0.4, -0.2) is 16.9 Å². The molecule has 1 amide bonds. The fourth-order valence-corrected chi connectivity index (χ4v) is 1.52. The predicted octanol–water partition coefficient (Wildman–Crippen LogP) is 2.75. The summed E-state index contributed by atoms with van der Waals surface area (Å²) < 4.78 is 1.18. The maximum absolute atomic E-state index is 11.3. The van der Waals surface area contributed by atoms with E-state index >= 15 is 0 Å². The second-order valence-electron chi connectivity index (χ2n) is 3.46. The Morgan fingerprint density at radius 2 is 2.15 bits per heavy atom. The van der Waals surface area contributed by atoms with Crippen molar-refractivity contribution in [2.24, 2.45) is 5.92 Å². The van der Waals surface area contributed by atoms with Crippen molar-refractivity contribution in [1.29, 1.82) is 0 Å². The smallest absolute Gasteiger partial charge is 0.220 e. The molecule has 0 aliphatic heterocycles. The average Bonchev–Trinajstić information content (AvgIpc) is 2.12. The van der Waals surface area contributed by atoms with Crippen LogP contribution >= 0.6 is 22.6 Å². The lowest BCUT2D eigenvalue weighted by Crippen LogP contribution is -2.25. The van der Waals surface area contributed by atoms with Gasteiger partial charge in [0.15, 0.2) is 0 Å². The second kappa shape index (κ2) is 8.78. The monoisotopic (exact) mass is 297 g/mol. The van der Waals surface area contributed by atoms with Crippen molar-refractivity contribution in [3.05, 3.63) is 0 Å². The third-order valence-electron chi connectivity index (χ3n) is 2.11. The zero-order valence-corrected chi connectivity index (χ0v) is 10.8. The van der Waals surface area contributed by atoms with Crippen LogP contribution in [0.2, 0.25) is 0 Å². The van der Waals surface area contributed by atoms with Gasteiger partial charge in [0.1, 0.15) is 0 Å².